The molecule has 0 atom stereocenters. The number of pyridine rings is 1. The molecule has 5 nitrogen and oxygen atoms in total. The molecule has 0 aliphatic carbocycles. The molecule has 0 saturated carbocycles. The van der Waals surface area contributed by atoms with Crippen molar-refractivity contribution in [2.45, 2.75) is 13.1 Å². The van der Waals surface area contributed by atoms with Gasteiger partial charge in [0.1, 0.15) is 0 Å². The highest BCUT2D eigenvalue weighted by Crippen LogP contribution is 2.33. The van der Waals surface area contributed by atoms with Crippen molar-refractivity contribution in [2.24, 2.45) is 0 Å². The fraction of sp³-hybridized carbons (Fsp3) is 0.0800. The Labute approximate surface area is 185 Å². The SMILES string of the molecule is Cc1ccc(-n2cc(-c3nc(-c4cccc(C(F)(F)F)c4)no3)c3ccccc3c2=O)cc1. The third-order valence-corrected chi connectivity index (χ3v) is 5.34. The van der Waals surface area contributed by atoms with Gasteiger partial charge in [-0.1, -0.05) is 53.2 Å². The summed E-state index contributed by atoms with van der Waals surface area (Å²) in [5.41, 5.74) is 1.37. The maximum Gasteiger partial charge on any atom is 0.416 e. The van der Waals surface area contributed by atoms with E-state index in [4.69, 9.17) is 4.52 Å². The second-order valence-corrected chi connectivity index (χ2v) is 7.60. The van der Waals surface area contributed by atoms with Crippen molar-refractivity contribution in [1.29, 1.82) is 0 Å². The monoisotopic (exact) mass is 447 g/mol. The predicted octanol–water partition coefficient (Wildman–Crippen LogP) is 6.03. The molecular formula is C25H16F3N3O2. The van der Waals surface area contributed by atoms with Gasteiger partial charge in [-0.25, -0.2) is 0 Å². The van der Waals surface area contributed by atoms with Crippen LogP contribution in [0.2, 0.25) is 0 Å². The van der Waals surface area contributed by atoms with Crippen LogP contribution in [0.15, 0.2) is 88.3 Å². The minimum absolute atomic E-state index is 0.0215. The lowest BCUT2D eigenvalue weighted by Crippen LogP contribution is -2.18. The Hall–Kier alpha value is -4.20. The molecule has 3 aromatic carbocycles. The Morgan fingerprint density at radius 2 is 1.64 bits per heavy atom. The van der Waals surface area contributed by atoms with Gasteiger partial charge in [-0.3, -0.25) is 9.36 Å². The molecule has 2 aromatic heterocycles. The summed E-state index contributed by atoms with van der Waals surface area (Å²) in [5.74, 6) is 0.118. The first-order chi connectivity index (χ1) is 15.8. The summed E-state index contributed by atoms with van der Waals surface area (Å²) in [7, 11) is 0. The highest BCUT2D eigenvalue weighted by atomic mass is 19.4. The molecule has 2 heterocycles. The molecule has 0 unspecified atom stereocenters. The van der Waals surface area contributed by atoms with E-state index >= 15 is 0 Å². The fourth-order valence-electron chi connectivity index (χ4n) is 3.64. The standard InChI is InChI=1S/C25H16F3N3O2/c1-15-9-11-18(12-10-15)31-14-21(19-7-2-3-8-20(19)24(31)32)23-29-22(30-33-23)16-5-4-6-17(13-16)25(26,27)28/h2-14H,1H3. The van der Waals surface area contributed by atoms with Gasteiger partial charge in [0.2, 0.25) is 5.82 Å². The van der Waals surface area contributed by atoms with Crippen LogP contribution in [0, 0.1) is 6.92 Å². The van der Waals surface area contributed by atoms with E-state index in [1.165, 1.54) is 16.7 Å². The lowest BCUT2D eigenvalue weighted by atomic mass is 10.1. The van der Waals surface area contributed by atoms with Gasteiger partial charge in [-0.15, -0.1) is 0 Å². The maximum atomic E-state index is 13.1. The molecule has 0 aliphatic heterocycles. The zero-order valence-electron chi connectivity index (χ0n) is 17.3. The van der Waals surface area contributed by atoms with Gasteiger partial charge < -0.3 is 4.52 Å². The van der Waals surface area contributed by atoms with Crippen molar-refractivity contribution < 1.29 is 17.7 Å². The Morgan fingerprint density at radius 1 is 0.909 bits per heavy atom. The van der Waals surface area contributed by atoms with Gasteiger partial charge >= 0.3 is 6.18 Å². The molecule has 0 N–H and O–H groups in total. The predicted molar refractivity (Wildman–Crippen MR) is 118 cm³/mol. The van der Waals surface area contributed by atoms with E-state index in [1.54, 1.807) is 30.5 Å². The lowest BCUT2D eigenvalue weighted by Gasteiger charge is -2.10. The number of aryl methyl sites for hydroxylation is 1. The fourth-order valence-corrected chi connectivity index (χ4v) is 3.64. The van der Waals surface area contributed by atoms with Crippen molar-refractivity contribution in [3.63, 3.8) is 0 Å². The zero-order valence-corrected chi connectivity index (χ0v) is 17.3. The van der Waals surface area contributed by atoms with Crippen LogP contribution in [-0.2, 0) is 6.18 Å². The molecule has 164 valence electrons. The van der Waals surface area contributed by atoms with Crippen molar-refractivity contribution >= 4 is 10.8 Å². The average molecular weight is 447 g/mol. The van der Waals surface area contributed by atoms with Crippen LogP contribution in [0.1, 0.15) is 11.1 Å². The van der Waals surface area contributed by atoms with Crippen LogP contribution in [-0.4, -0.2) is 14.7 Å². The van der Waals surface area contributed by atoms with E-state index in [1.807, 2.05) is 31.2 Å². The van der Waals surface area contributed by atoms with E-state index in [9.17, 15) is 18.0 Å². The van der Waals surface area contributed by atoms with Gasteiger partial charge in [-0.2, -0.15) is 18.2 Å². The Morgan fingerprint density at radius 3 is 2.36 bits per heavy atom. The average Bonchev–Trinajstić information content (AvgIpc) is 3.30. The lowest BCUT2D eigenvalue weighted by molar-refractivity contribution is -0.137. The van der Waals surface area contributed by atoms with E-state index in [-0.39, 0.29) is 22.8 Å². The number of hydrogen-bond acceptors (Lipinski definition) is 4. The normalized spacial score (nSPS) is 11.8. The number of rotatable bonds is 3. The molecule has 33 heavy (non-hydrogen) atoms. The summed E-state index contributed by atoms with van der Waals surface area (Å²) in [4.78, 5) is 17.5. The van der Waals surface area contributed by atoms with Gasteiger partial charge in [0, 0.05) is 28.2 Å². The van der Waals surface area contributed by atoms with Gasteiger partial charge in [0.25, 0.3) is 11.4 Å². The van der Waals surface area contributed by atoms with Gasteiger partial charge in [0.15, 0.2) is 0 Å². The molecular weight excluding hydrogens is 431 g/mol. The summed E-state index contributed by atoms with van der Waals surface area (Å²) in [6, 6.07) is 19.2. The molecule has 0 bridgehead atoms. The molecule has 5 aromatic rings. The first kappa shape index (κ1) is 20.7. The summed E-state index contributed by atoms with van der Waals surface area (Å²) in [6.45, 7) is 1.95. The number of fused-ring (bicyclic) bond motifs is 1. The molecule has 8 heteroatoms. The Kier molecular flexibility index (Phi) is 4.85. The van der Waals surface area contributed by atoms with E-state index in [2.05, 4.69) is 10.1 Å². The minimum Gasteiger partial charge on any atom is -0.334 e. The Bertz CT molecular complexity index is 1530. The number of nitrogens with zero attached hydrogens (tertiary/aromatic N) is 3. The smallest absolute Gasteiger partial charge is 0.334 e. The van der Waals surface area contributed by atoms with Crippen LogP contribution in [0.5, 0.6) is 0 Å². The number of benzene rings is 3. The largest absolute Gasteiger partial charge is 0.416 e. The molecule has 0 amide bonds. The molecule has 0 spiro atoms. The molecule has 0 aliphatic rings. The molecule has 5 rings (SSSR count). The van der Waals surface area contributed by atoms with Crippen LogP contribution < -0.4 is 5.56 Å². The first-order valence-corrected chi connectivity index (χ1v) is 10.0. The Balaban J connectivity index is 1.67. The second-order valence-electron chi connectivity index (χ2n) is 7.60. The topological polar surface area (TPSA) is 60.9 Å². The quantitative estimate of drug-likeness (QED) is 0.339. The van der Waals surface area contributed by atoms with E-state index in [0.29, 0.717) is 22.0 Å². The number of alkyl halides is 3. The first-order valence-electron chi connectivity index (χ1n) is 10.0. The van der Waals surface area contributed by atoms with E-state index in [0.717, 1.165) is 17.7 Å². The summed E-state index contributed by atoms with van der Waals surface area (Å²) < 4.78 is 46.2. The summed E-state index contributed by atoms with van der Waals surface area (Å²) in [6.07, 6.45) is -2.87. The molecule has 0 fully saturated rings. The maximum absolute atomic E-state index is 13.1. The highest BCUT2D eigenvalue weighted by Gasteiger charge is 2.31. The van der Waals surface area contributed by atoms with Crippen molar-refractivity contribution in [3.8, 4) is 28.5 Å². The minimum atomic E-state index is -4.48. The van der Waals surface area contributed by atoms with Gasteiger partial charge in [-0.05, 0) is 37.3 Å². The van der Waals surface area contributed by atoms with E-state index < -0.39 is 11.7 Å². The van der Waals surface area contributed by atoms with Crippen LogP contribution in [0.4, 0.5) is 13.2 Å². The van der Waals surface area contributed by atoms with Crippen LogP contribution >= 0.6 is 0 Å². The number of halogens is 3. The summed E-state index contributed by atoms with van der Waals surface area (Å²) in [5, 5.41) is 4.94. The number of aromatic nitrogens is 3. The second kappa shape index (κ2) is 7.74. The van der Waals surface area contributed by atoms with Crippen molar-refractivity contribution in [3.05, 3.63) is 100 Å². The highest BCUT2D eigenvalue weighted by molar-refractivity contribution is 5.94. The van der Waals surface area contributed by atoms with Gasteiger partial charge in [0.05, 0.1) is 11.1 Å². The molecule has 0 radical (unpaired) electrons. The number of hydrogen-bond donors (Lipinski definition) is 0. The zero-order chi connectivity index (χ0) is 23.2. The van der Waals surface area contributed by atoms with Crippen molar-refractivity contribution in [2.75, 3.05) is 0 Å². The third kappa shape index (κ3) is 3.80. The molecule has 0 saturated heterocycles. The van der Waals surface area contributed by atoms with Crippen LogP contribution in [0.25, 0.3) is 39.3 Å². The summed E-state index contributed by atoms with van der Waals surface area (Å²) >= 11 is 0. The van der Waals surface area contributed by atoms with Crippen molar-refractivity contribution in [1.82, 2.24) is 14.7 Å². The third-order valence-electron chi connectivity index (χ3n) is 5.34. The van der Waals surface area contributed by atoms with Crippen LogP contribution in [0.3, 0.4) is 0 Å².